The van der Waals surface area contributed by atoms with Crippen molar-refractivity contribution >= 4 is 11.6 Å². The lowest BCUT2D eigenvalue weighted by atomic mass is 9.84. The van der Waals surface area contributed by atoms with Gasteiger partial charge in [0, 0.05) is 23.7 Å². The molecule has 0 bridgehead atoms. The number of hydrogen-bond donors (Lipinski definition) is 1. The predicted molar refractivity (Wildman–Crippen MR) is 82.8 cm³/mol. The van der Waals surface area contributed by atoms with Crippen molar-refractivity contribution in [2.75, 3.05) is 5.32 Å². The Labute approximate surface area is 122 Å². The zero-order valence-electron chi connectivity index (χ0n) is 13.1. The Hall–Kier alpha value is -1.45. The normalized spacial score (nSPS) is 21.6. The number of nitrogens with one attached hydrogen (secondary N) is 1. The molecule has 20 heavy (non-hydrogen) atoms. The molecule has 1 aromatic rings. The van der Waals surface area contributed by atoms with Crippen molar-refractivity contribution in [2.24, 2.45) is 5.92 Å². The van der Waals surface area contributed by atoms with Crippen LogP contribution in [0.3, 0.4) is 0 Å². The first-order chi connectivity index (χ1) is 9.69. The van der Waals surface area contributed by atoms with E-state index >= 15 is 0 Å². The molecule has 0 aliphatic heterocycles. The summed E-state index contributed by atoms with van der Waals surface area (Å²) in [6, 6.07) is 2.46. The summed E-state index contributed by atoms with van der Waals surface area (Å²) in [6.45, 7) is 7.79. The van der Waals surface area contributed by atoms with Gasteiger partial charge in [0.1, 0.15) is 17.9 Å². The molecular weight excluding hydrogens is 250 g/mol. The van der Waals surface area contributed by atoms with E-state index in [0.717, 1.165) is 43.6 Å². The molecule has 4 heteroatoms. The maximum Gasteiger partial charge on any atom is 0.132 e. The lowest BCUT2D eigenvalue weighted by Gasteiger charge is -2.28. The molecule has 0 unspecified atom stereocenters. The Morgan fingerprint density at radius 2 is 1.90 bits per heavy atom. The van der Waals surface area contributed by atoms with Crippen LogP contribution in [0.5, 0.6) is 0 Å². The Balaban J connectivity index is 0.000000956. The van der Waals surface area contributed by atoms with E-state index in [-0.39, 0.29) is 5.92 Å². The molecule has 0 amide bonds. The van der Waals surface area contributed by atoms with Crippen LogP contribution < -0.4 is 5.32 Å². The van der Waals surface area contributed by atoms with Gasteiger partial charge in [0.2, 0.25) is 0 Å². The Morgan fingerprint density at radius 3 is 2.45 bits per heavy atom. The quantitative estimate of drug-likeness (QED) is 0.913. The van der Waals surface area contributed by atoms with E-state index < -0.39 is 0 Å². The molecule has 0 atom stereocenters. The van der Waals surface area contributed by atoms with E-state index in [0.29, 0.717) is 11.8 Å². The number of anilines is 1. The van der Waals surface area contributed by atoms with Crippen LogP contribution in [-0.2, 0) is 11.2 Å². The molecule has 2 rings (SSSR count). The molecule has 1 heterocycles. The van der Waals surface area contributed by atoms with Crippen LogP contribution in [0.25, 0.3) is 0 Å². The number of hydrogen-bond acceptors (Lipinski definition) is 4. The van der Waals surface area contributed by atoms with Crippen LogP contribution in [0.15, 0.2) is 12.4 Å². The number of aryl methyl sites for hydroxylation is 1. The third kappa shape index (κ3) is 4.91. The summed E-state index contributed by atoms with van der Waals surface area (Å²) in [5, 5.41) is 3.45. The van der Waals surface area contributed by atoms with Crippen molar-refractivity contribution in [1.82, 2.24) is 9.97 Å². The lowest BCUT2D eigenvalue weighted by Crippen LogP contribution is -2.28. The van der Waals surface area contributed by atoms with Crippen molar-refractivity contribution in [1.29, 1.82) is 0 Å². The fourth-order valence-electron chi connectivity index (χ4n) is 2.52. The average Bonchev–Trinajstić information content (AvgIpc) is 2.50. The van der Waals surface area contributed by atoms with Gasteiger partial charge in [-0.2, -0.15) is 0 Å². The SMILES string of the molecule is CC.CCc1cc(NC2CCC(C(C)=O)CC2)ncn1. The number of carbonyl (C=O) groups is 1. The summed E-state index contributed by atoms with van der Waals surface area (Å²) in [5.74, 6) is 1.52. The van der Waals surface area contributed by atoms with E-state index in [4.69, 9.17) is 0 Å². The second-order valence-corrected chi connectivity index (χ2v) is 5.05. The van der Waals surface area contributed by atoms with E-state index in [1.807, 2.05) is 19.9 Å². The second-order valence-electron chi connectivity index (χ2n) is 5.05. The first kappa shape index (κ1) is 16.6. The maximum absolute atomic E-state index is 11.3. The minimum Gasteiger partial charge on any atom is -0.367 e. The highest BCUT2D eigenvalue weighted by molar-refractivity contribution is 5.78. The molecule has 1 aromatic heterocycles. The number of carbonyl (C=O) groups excluding carboxylic acids is 1. The van der Waals surface area contributed by atoms with Crippen LogP contribution in [0.4, 0.5) is 5.82 Å². The number of ketones is 1. The minimum atomic E-state index is 0.277. The van der Waals surface area contributed by atoms with Gasteiger partial charge in [0.05, 0.1) is 0 Å². The monoisotopic (exact) mass is 277 g/mol. The highest BCUT2D eigenvalue weighted by Crippen LogP contribution is 2.26. The van der Waals surface area contributed by atoms with Crippen LogP contribution in [0, 0.1) is 5.92 Å². The molecule has 1 aliphatic rings. The topological polar surface area (TPSA) is 54.9 Å². The molecule has 4 nitrogen and oxygen atoms in total. The zero-order chi connectivity index (χ0) is 15.0. The van der Waals surface area contributed by atoms with Gasteiger partial charge in [0.15, 0.2) is 0 Å². The summed E-state index contributed by atoms with van der Waals surface area (Å²) in [5.41, 5.74) is 1.06. The van der Waals surface area contributed by atoms with Gasteiger partial charge in [-0.25, -0.2) is 9.97 Å². The number of rotatable bonds is 4. The number of Topliss-reactive ketones (excluding diaryl/α,β-unsaturated/α-hetero) is 1. The third-order valence-corrected chi connectivity index (χ3v) is 3.74. The zero-order valence-corrected chi connectivity index (χ0v) is 13.1. The Kier molecular flexibility index (Phi) is 7.20. The number of nitrogens with zero attached hydrogens (tertiary/aromatic N) is 2. The largest absolute Gasteiger partial charge is 0.367 e. The van der Waals surface area contributed by atoms with Crippen LogP contribution >= 0.6 is 0 Å². The fourth-order valence-corrected chi connectivity index (χ4v) is 2.52. The molecule has 0 aromatic carbocycles. The number of aromatic nitrogens is 2. The van der Waals surface area contributed by atoms with Gasteiger partial charge in [0.25, 0.3) is 0 Å². The summed E-state index contributed by atoms with van der Waals surface area (Å²) < 4.78 is 0. The highest BCUT2D eigenvalue weighted by atomic mass is 16.1. The maximum atomic E-state index is 11.3. The summed E-state index contributed by atoms with van der Waals surface area (Å²) in [6.07, 6.45) is 6.64. The Morgan fingerprint density at radius 1 is 1.25 bits per heavy atom. The van der Waals surface area contributed by atoms with E-state index in [1.165, 1.54) is 0 Å². The fraction of sp³-hybridized carbons (Fsp3) is 0.688. The van der Waals surface area contributed by atoms with Crippen LogP contribution in [0.1, 0.15) is 59.1 Å². The Bertz CT molecular complexity index is 412. The van der Waals surface area contributed by atoms with Crippen LogP contribution in [-0.4, -0.2) is 21.8 Å². The molecule has 0 saturated heterocycles. The van der Waals surface area contributed by atoms with Gasteiger partial charge >= 0.3 is 0 Å². The summed E-state index contributed by atoms with van der Waals surface area (Å²) in [4.78, 5) is 19.7. The van der Waals surface area contributed by atoms with Gasteiger partial charge < -0.3 is 5.32 Å². The van der Waals surface area contributed by atoms with E-state index in [1.54, 1.807) is 13.3 Å². The minimum absolute atomic E-state index is 0.277. The van der Waals surface area contributed by atoms with Gasteiger partial charge in [-0.3, -0.25) is 4.79 Å². The summed E-state index contributed by atoms with van der Waals surface area (Å²) in [7, 11) is 0. The van der Waals surface area contributed by atoms with E-state index in [2.05, 4.69) is 22.2 Å². The lowest BCUT2D eigenvalue weighted by molar-refractivity contribution is -0.121. The third-order valence-electron chi connectivity index (χ3n) is 3.74. The van der Waals surface area contributed by atoms with E-state index in [9.17, 15) is 4.79 Å². The van der Waals surface area contributed by atoms with Crippen molar-refractivity contribution in [3.63, 3.8) is 0 Å². The molecule has 1 fully saturated rings. The smallest absolute Gasteiger partial charge is 0.132 e. The van der Waals surface area contributed by atoms with Gasteiger partial charge in [-0.15, -0.1) is 0 Å². The van der Waals surface area contributed by atoms with Crippen molar-refractivity contribution in [3.8, 4) is 0 Å². The predicted octanol–water partition coefficient (Wildman–Crippen LogP) is 3.62. The molecule has 1 saturated carbocycles. The molecule has 112 valence electrons. The molecule has 0 spiro atoms. The van der Waals surface area contributed by atoms with Crippen LogP contribution in [0.2, 0.25) is 0 Å². The van der Waals surface area contributed by atoms with Crippen molar-refractivity contribution in [2.45, 2.75) is 65.8 Å². The van der Waals surface area contributed by atoms with Crippen molar-refractivity contribution < 1.29 is 4.79 Å². The first-order valence-corrected chi connectivity index (χ1v) is 7.77. The molecule has 1 aliphatic carbocycles. The molecular formula is C16H27N3O. The standard InChI is InChI=1S/C14H21N3O.C2H6/c1-3-12-8-14(16-9-15-12)17-13-6-4-11(5-7-13)10(2)18;1-2/h8-9,11,13H,3-7H2,1-2H3,(H,15,16,17);1-2H3. The highest BCUT2D eigenvalue weighted by Gasteiger charge is 2.23. The average molecular weight is 277 g/mol. The first-order valence-electron chi connectivity index (χ1n) is 7.77. The second kappa shape index (κ2) is 8.67. The van der Waals surface area contributed by atoms with Gasteiger partial charge in [-0.1, -0.05) is 20.8 Å². The summed E-state index contributed by atoms with van der Waals surface area (Å²) >= 11 is 0. The van der Waals surface area contributed by atoms with Crippen molar-refractivity contribution in [3.05, 3.63) is 18.1 Å². The van der Waals surface area contributed by atoms with Gasteiger partial charge in [-0.05, 0) is 39.0 Å². The molecule has 0 radical (unpaired) electrons. The molecule has 1 N–H and O–H groups in total.